The lowest BCUT2D eigenvalue weighted by Gasteiger charge is -2.30. The van der Waals surface area contributed by atoms with Gasteiger partial charge >= 0.3 is 0 Å². The fraction of sp³-hybridized carbons (Fsp3) is 0.588. The van der Waals surface area contributed by atoms with Crippen LogP contribution >= 0.6 is 11.5 Å². The predicted octanol–water partition coefficient (Wildman–Crippen LogP) is 2.38. The Balaban J connectivity index is 1.31. The largest absolute Gasteiger partial charge is 0.377 e. The van der Waals surface area contributed by atoms with Crippen molar-refractivity contribution in [2.24, 2.45) is 0 Å². The van der Waals surface area contributed by atoms with Crippen molar-refractivity contribution in [1.82, 2.24) is 29.2 Å². The molecule has 1 saturated heterocycles. The standard InChI is InChI=1S/C17H21N7OS/c1-25-10-14-18-17(26-22-14)23-8-6-12(7-9-23)16-20-19-15-5-4-13(11-2-3-11)21-24(15)16/h4-5,11-12H,2-3,6-10H2,1H3. The van der Waals surface area contributed by atoms with Gasteiger partial charge in [-0.3, -0.25) is 0 Å². The quantitative estimate of drug-likeness (QED) is 0.681. The highest BCUT2D eigenvalue weighted by molar-refractivity contribution is 7.09. The molecule has 2 fully saturated rings. The van der Waals surface area contributed by atoms with Crippen LogP contribution in [0.1, 0.15) is 54.9 Å². The lowest BCUT2D eigenvalue weighted by atomic mass is 9.96. The third-order valence-electron chi connectivity index (χ3n) is 5.16. The van der Waals surface area contributed by atoms with E-state index in [-0.39, 0.29) is 0 Å². The second-order valence-corrected chi connectivity index (χ2v) is 7.78. The molecule has 1 aliphatic carbocycles. The number of ether oxygens (including phenoxy) is 1. The first-order valence-electron chi connectivity index (χ1n) is 9.10. The minimum atomic E-state index is 0.384. The van der Waals surface area contributed by atoms with E-state index in [0.29, 0.717) is 18.4 Å². The van der Waals surface area contributed by atoms with E-state index in [0.717, 1.165) is 48.4 Å². The summed E-state index contributed by atoms with van der Waals surface area (Å²) in [5, 5.41) is 14.6. The van der Waals surface area contributed by atoms with Crippen molar-refractivity contribution in [1.29, 1.82) is 0 Å². The van der Waals surface area contributed by atoms with Crippen molar-refractivity contribution < 1.29 is 4.74 Å². The van der Waals surface area contributed by atoms with Gasteiger partial charge in [-0.25, -0.2) is 4.98 Å². The molecule has 0 N–H and O–H groups in total. The fourth-order valence-corrected chi connectivity index (χ4v) is 4.29. The Bertz CT molecular complexity index is 911. The first-order valence-corrected chi connectivity index (χ1v) is 9.88. The predicted molar refractivity (Wildman–Crippen MR) is 97.6 cm³/mol. The van der Waals surface area contributed by atoms with E-state index >= 15 is 0 Å². The Morgan fingerprint density at radius 1 is 1.12 bits per heavy atom. The monoisotopic (exact) mass is 371 g/mol. The Hall–Kier alpha value is -2.13. The molecular weight excluding hydrogens is 350 g/mol. The van der Waals surface area contributed by atoms with Gasteiger partial charge in [-0.05, 0) is 37.8 Å². The number of piperidine rings is 1. The number of fused-ring (bicyclic) bond motifs is 1. The second-order valence-electron chi connectivity index (χ2n) is 7.05. The molecular formula is C17H21N7OS. The average Bonchev–Trinajstić information content (AvgIpc) is 3.28. The topological polar surface area (TPSA) is 81.3 Å². The molecule has 26 heavy (non-hydrogen) atoms. The zero-order valence-corrected chi connectivity index (χ0v) is 15.5. The third-order valence-corrected chi connectivity index (χ3v) is 5.98. The molecule has 0 unspecified atom stereocenters. The Morgan fingerprint density at radius 2 is 1.96 bits per heavy atom. The number of hydrogen-bond acceptors (Lipinski definition) is 8. The van der Waals surface area contributed by atoms with Gasteiger partial charge in [0.2, 0.25) is 5.13 Å². The first-order chi connectivity index (χ1) is 12.8. The second kappa shape index (κ2) is 6.55. The molecule has 0 atom stereocenters. The van der Waals surface area contributed by atoms with Gasteiger partial charge in [-0.15, -0.1) is 10.2 Å². The minimum Gasteiger partial charge on any atom is -0.377 e. The van der Waals surface area contributed by atoms with Gasteiger partial charge in [-0.2, -0.15) is 14.0 Å². The van der Waals surface area contributed by atoms with Gasteiger partial charge in [0.25, 0.3) is 0 Å². The van der Waals surface area contributed by atoms with Crippen LogP contribution in [0.25, 0.3) is 5.65 Å². The number of aromatic nitrogens is 6. The maximum atomic E-state index is 5.10. The van der Waals surface area contributed by atoms with E-state index in [1.165, 1.54) is 30.1 Å². The molecule has 1 saturated carbocycles. The highest BCUT2D eigenvalue weighted by atomic mass is 32.1. The lowest BCUT2D eigenvalue weighted by Crippen LogP contribution is -2.33. The summed E-state index contributed by atoms with van der Waals surface area (Å²) in [7, 11) is 1.66. The van der Waals surface area contributed by atoms with Crippen LogP contribution in [0.4, 0.5) is 5.13 Å². The third kappa shape index (κ3) is 2.95. The molecule has 3 aromatic heterocycles. The fourth-order valence-electron chi connectivity index (χ4n) is 3.56. The van der Waals surface area contributed by atoms with Gasteiger partial charge in [0, 0.05) is 43.6 Å². The van der Waals surface area contributed by atoms with Crippen molar-refractivity contribution in [2.75, 3.05) is 25.1 Å². The van der Waals surface area contributed by atoms with Crippen molar-refractivity contribution in [3.63, 3.8) is 0 Å². The lowest BCUT2D eigenvalue weighted by molar-refractivity contribution is 0.179. The van der Waals surface area contributed by atoms with E-state index in [4.69, 9.17) is 9.84 Å². The Morgan fingerprint density at radius 3 is 2.73 bits per heavy atom. The molecule has 0 bridgehead atoms. The Kier molecular flexibility index (Phi) is 4.05. The molecule has 5 rings (SSSR count). The summed E-state index contributed by atoms with van der Waals surface area (Å²) in [6.07, 6.45) is 4.55. The summed E-state index contributed by atoms with van der Waals surface area (Å²) in [5.41, 5.74) is 2.02. The summed E-state index contributed by atoms with van der Waals surface area (Å²) in [5.74, 6) is 2.78. The molecule has 0 aromatic carbocycles. The summed E-state index contributed by atoms with van der Waals surface area (Å²) in [6.45, 7) is 2.36. The number of nitrogens with zero attached hydrogens (tertiary/aromatic N) is 7. The van der Waals surface area contributed by atoms with Crippen LogP contribution in [-0.4, -0.2) is 49.4 Å². The van der Waals surface area contributed by atoms with Crippen LogP contribution in [0.2, 0.25) is 0 Å². The van der Waals surface area contributed by atoms with Crippen LogP contribution in [0.3, 0.4) is 0 Å². The summed E-state index contributed by atoms with van der Waals surface area (Å²) in [6, 6.07) is 4.14. The van der Waals surface area contributed by atoms with E-state index < -0.39 is 0 Å². The van der Waals surface area contributed by atoms with Gasteiger partial charge in [-0.1, -0.05) is 0 Å². The number of methoxy groups -OCH3 is 1. The molecule has 1 aliphatic heterocycles. The zero-order valence-electron chi connectivity index (χ0n) is 14.7. The number of anilines is 1. The summed E-state index contributed by atoms with van der Waals surface area (Å²) < 4.78 is 11.4. The van der Waals surface area contributed by atoms with Crippen molar-refractivity contribution in [2.45, 2.75) is 44.1 Å². The van der Waals surface area contributed by atoms with Crippen molar-refractivity contribution >= 4 is 22.3 Å². The molecule has 0 spiro atoms. The van der Waals surface area contributed by atoms with Crippen LogP contribution in [0.5, 0.6) is 0 Å². The smallest absolute Gasteiger partial charge is 0.205 e. The van der Waals surface area contributed by atoms with Gasteiger partial charge in [0.15, 0.2) is 17.3 Å². The Labute approximate surface area is 155 Å². The first kappa shape index (κ1) is 16.1. The van der Waals surface area contributed by atoms with Crippen molar-refractivity contribution in [3.05, 3.63) is 29.5 Å². The highest BCUT2D eigenvalue weighted by Crippen LogP contribution is 2.39. The molecule has 0 radical (unpaired) electrons. The maximum Gasteiger partial charge on any atom is 0.205 e. The molecule has 9 heteroatoms. The highest BCUT2D eigenvalue weighted by Gasteiger charge is 2.29. The van der Waals surface area contributed by atoms with Gasteiger partial charge in [0.05, 0.1) is 5.69 Å². The van der Waals surface area contributed by atoms with E-state index in [1.54, 1.807) is 7.11 Å². The SMILES string of the molecule is COCc1nsc(N2CCC(c3nnc4ccc(C5CC5)nn34)CC2)n1. The van der Waals surface area contributed by atoms with Gasteiger partial charge in [0.1, 0.15) is 6.61 Å². The molecule has 0 amide bonds. The van der Waals surface area contributed by atoms with Crippen molar-refractivity contribution in [3.8, 4) is 0 Å². The van der Waals surface area contributed by atoms with E-state index in [1.807, 2.05) is 10.6 Å². The molecule has 4 heterocycles. The van der Waals surface area contributed by atoms with E-state index in [2.05, 4.69) is 30.5 Å². The zero-order chi connectivity index (χ0) is 17.5. The van der Waals surface area contributed by atoms with Crippen LogP contribution in [0.15, 0.2) is 12.1 Å². The molecule has 136 valence electrons. The molecule has 3 aromatic rings. The summed E-state index contributed by atoms with van der Waals surface area (Å²) in [4.78, 5) is 6.87. The molecule has 2 aliphatic rings. The average molecular weight is 371 g/mol. The maximum absolute atomic E-state index is 5.10. The number of rotatable bonds is 5. The van der Waals surface area contributed by atoms with Crippen LogP contribution in [-0.2, 0) is 11.3 Å². The van der Waals surface area contributed by atoms with Crippen LogP contribution in [0, 0.1) is 0 Å². The molecule has 8 nitrogen and oxygen atoms in total. The normalized spacial score (nSPS) is 18.7. The minimum absolute atomic E-state index is 0.384. The van der Waals surface area contributed by atoms with Gasteiger partial charge < -0.3 is 9.64 Å². The van der Waals surface area contributed by atoms with E-state index in [9.17, 15) is 0 Å². The summed E-state index contributed by atoms with van der Waals surface area (Å²) >= 11 is 1.45. The number of hydrogen-bond donors (Lipinski definition) is 0. The van der Waals surface area contributed by atoms with Crippen LogP contribution < -0.4 is 4.90 Å².